The van der Waals surface area contributed by atoms with Crippen molar-refractivity contribution in [3.05, 3.63) is 11.4 Å². The first kappa shape index (κ1) is 17.6. The van der Waals surface area contributed by atoms with Crippen LogP contribution in [0, 0.1) is 5.92 Å². The first-order chi connectivity index (χ1) is 9.77. The van der Waals surface area contributed by atoms with Gasteiger partial charge in [0.1, 0.15) is 0 Å². The summed E-state index contributed by atoms with van der Waals surface area (Å²) < 4.78 is 12.4. The fourth-order valence-corrected chi connectivity index (χ4v) is 2.02. The lowest BCUT2D eigenvalue weighted by Gasteiger charge is -2.20. The van der Waals surface area contributed by atoms with Crippen molar-refractivity contribution in [3.8, 4) is 0 Å². The van der Waals surface area contributed by atoms with Crippen molar-refractivity contribution in [2.24, 2.45) is 5.92 Å². The Balaban J connectivity index is 2.87. The van der Waals surface area contributed by atoms with E-state index in [1.165, 1.54) is 0 Å². The fraction of sp³-hybridized carbons (Fsp3) is 0.800. The summed E-state index contributed by atoms with van der Waals surface area (Å²) in [6.45, 7) is 14.2. The van der Waals surface area contributed by atoms with Crippen molar-refractivity contribution in [1.29, 1.82) is 0 Å². The number of rotatable bonds is 7. The fourth-order valence-electron chi connectivity index (χ4n) is 2.02. The summed E-state index contributed by atoms with van der Waals surface area (Å²) in [5, 5.41) is 8.09. The average Bonchev–Trinajstić information content (AvgIpc) is 2.78. The molecule has 0 spiro atoms. The zero-order valence-electron chi connectivity index (χ0n) is 14.0. The Hall–Kier alpha value is -1.43. The summed E-state index contributed by atoms with van der Waals surface area (Å²) in [5.41, 5.74) is 0.839. The highest BCUT2D eigenvalue weighted by molar-refractivity contribution is 5.88. The molecule has 6 heteroatoms. The molecule has 0 aliphatic heterocycles. The molecule has 0 atom stereocenters. The van der Waals surface area contributed by atoms with E-state index in [9.17, 15) is 4.79 Å². The third-order valence-electron chi connectivity index (χ3n) is 2.81. The van der Waals surface area contributed by atoms with Crippen LogP contribution in [0.1, 0.15) is 57.7 Å². The van der Waals surface area contributed by atoms with Gasteiger partial charge in [0, 0.05) is 12.0 Å². The molecule has 0 saturated carbocycles. The second kappa shape index (κ2) is 7.54. The number of esters is 1. The average molecular weight is 297 g/mol. The summed E-state index contributed by atoms with van der Waals surface area (Å²) in [7, 11) is 0. The molecule has 120 valence electrons. The third kappa shape index (κ3) is 5.12. The second-order valence-corrected chi connectivity index (χ2v) is 6.45. The Morgan fingerprint density at radius 1 is 1.33 bits per heavy atom. The number of aromatic nitrogens is 3. The zero-order valence-corrected chi connectivity index (χ0v) is 14.0. The van der Waals surface area contributed by atoms with E-state index in [1.807, 2.05) is 20.8 Å². The maximum Gasteiger partial charge on any atom is 0.360 e. The molecule has 0 saturated heterocycles. The van der Waals surface area contributed by atoms with Crippen LogP contribution in [0.4, 0.5) is 0 Å². The molecular formula is C15H27N3O3. The van der Waals surface area contributed by atoms with Crippen molar-refractivity contribution in [3.63, 3.8) is 0 Å². The summed E-state index contributed by atoms with van der Waals surface area (Å²) in [5.74, 6) is 0.0784. The van der Waals surface area contributed by atoms with E-state index >= 15 is 0 Å². The quantitative estimate of drug-likeness (QED) is 0.571. The number of ether oxygens (including phenoxy) is 2. The van der Waals surface area contributed by atoms with E-state index in [-0.39, 0.29) is 5.41 Å². The minimum absolute atomic E-state index is 0.246. The van der Waals surface area contributed by atoms with Gasteiger partial charge in [0.05, 0.1) is 25.5 Å². The molecule has 1 rings (SSSR count). The largest absolute Gasteiger partial charge is 0.461 e. The summed E-state index contributed by atoms with van der Waals surface area (Å²) >= 11 is 0. The predicted molar refractivity (Wildman–Crippen MR) is 80.3 cm³/mol. The molecule has 6 nitrogen and oxygen atoms in total. The topological polar surface area (TPSA) is 66.2 Å². The van der Waals surface area contributed by atoms with Gasteiger partial charge in [0.25, 0.3) is 0 Å². The zero-order chi connectivity index (χ0) is 16.0. The van der Waals surface area contributed by atoms with E-state index in [0.29, 0.717) is 38.0 Å². The highest BCUT2D eigenvalue weighted by atomic mass is 16.5. The van der Waals surface area contributed by atoms with E-state index in [2.05, 4.69) is 24.2 Å². The van der Waals surface area contributed by atoms with Crippen LogP contribution in [0.3, 0.4) is 0 Å². The number of carbonyl (C=O) groups excluding carboxylic acids is 1. The summed E-state index contributed by atoms with van der Waals surface area (Å²) in [4.78, 5) is 12.0. The van der Waals surface area contributed by atoms with E-state index in [0.717, 1.165) is 5.69 Å². The first-order valence-corrected chi connectivity index (χ1v) is 7.46. The molecule has 0 aliphatic carbocycles. The van der Waals surface area contributed by atoms with Crippen LogP contribution in [0.15, 0.2) is 0 Å². The molecule has 21 heavy (non-hydrogen) atoms. The van der Waals surface area contributed by atoms with Gasteiger partial charge in [-0.15, -0.1) is 5.10 Å². The minimum Gasteiger partial charge on any atom is -0.461 e. The summed E-state index contributed by atoms with van der Waals surface area (Å²) in [6.07, 6.45) is 0. The van der Waals surface area contributed by atoms with E-state index in [4.69, 9.17) is 9.47 Å². The van der Waals surface area contributed by atoms with Gasteiger partial charge in [-0.05, 0) is 12.8 Å². The van der Waals surface area contributed by atoms with Gasteiger partial charge in [-0.25, -0.2) is 9.48 Å². The van der Waals surface area contributed by atoms with Crippen molar-refractivity contribution < 1.29 is 14.3 Å². The number of hydrogen-bond acceptors (Lipinski definition) is 5. The highest BCUT2D eigenvalue weighted by Gasteiger charge is 2.29. The molecule has 0 N–H and O–H groups in total. The van der Waals surface area contributed by atoms with Gasteiger partial charge < -0.3 is 9.47 Å². The number of carbonyl (C=O) groups is 1. The number of hydrogen-bond donors (Lipinski definition) is 0. The van der Waals surface area contributed by atoms with Gasteiger partial charge in [0.2, 0.25) is 0 Å². The minimum atomic E-state index is -0.420. The molecule has 0 aliphatic rings. The van der Waals surface area contributed by atoms with Gasteiger partial charge in [-0.3, -0.25) is 0 Å². The SMILES string of the molecule is CCOC(=O)c1nnn(CCOCC(C)C)c1C(C)(C)C. The van der Waals surface area contributed by atoms with Gasteiger partial charge >= 0.3 is 5.97 Å². The van der Waals surface area contributed by atoms with Crippen molar-refractivity contribution in [2.75, 3.05) is 19.8 Å². The molecule has 0 unspecified atom stereocenters. The van der Waals surface area contributed by atoms with Crippen molar-refractivity contribution in [1.82, 2.24) is 15.0 Å². The van der Waals surface area contributed by atoms with Crippen molar-refractivity contribution >= 4 is 5.97 Å². The Kier molecular flexibility index (Phi) is 6.33. The third-order valence-corrected chi connectivity index (χ3v) is 2.81. The van der Waals surface area contributed by atoms with Crippen LogP contribution in [-0.4, -0.2) is 40.8 Å². The molecule has 0 amide bonds. The molecule has 0 bridgehead atoms. The molecule has 0 fully saturated rings. The maximum atomic E-state index is 12.0. The summed E-state index contributed by atoms with van der Waals surface area (Å²) in [6, 6.07) is 0. The normalized spacial score (nSPS) is 12.0. The van der Waals surface area contributed by atoms with E-state index < -0.39 is 5.97 Å². The number of nitrogens with zero attached hydrogens (tertiary/aromatic N) is 3. The highest BCUT2D eigenvalue weighted by Crippen LogP contribution is 2.25. The molecular weight excluding hydrogens is 270 g/mol. The molecule has 1 aromatic heterocycles. The van der Waals surface area contributed by atoms with Crippen LogP contribution in [0.2, 0.25) is 0 Å². The van der Waals surface area contributed by atoms with Crippen LogP contribution < -0.4 is 0 Å². The standard InChI is InChI=1S/C15H27N3O3/c1-7-21-14(19)12-13(15(4,5)6)18(17-16-12)8-9-20-10-11(2)3/h11H,7-10H2,1-6H3. The second-order valence-electron chi connectivity index (χ2n) is 6.45. The van der Waals surface area contributed by atoms with Gasteiger partial charge in [-0.1, -0.05) is 39.8 Å². The van der Waals surface area contributed by atoms with Gasteiger partial charge in [-0.2, -0.15) is 0 Å². The molecule has 1 heterocycles. The van der Waals surface area contributed by atoms with Gasteiger partial charge in [0.15, 0.2) is 5.69 Å². The predicted octanol–water partition coefficient (Wildman–Crippen LogP) is 2.42. The lowest BCUT2D eigenvalue weighted by molar-refractivity contribution is 0.0516. The monoisotopic (exact) mass is 297 g/mol. The molecule has 0 aromatic carbocycles. The molecule has 1 aromatic rings. The Bertz CT molecular complexity index is 461. The first-order valence-electron chi connectivity index (χ1n) is 7.46. The Morgan fingerprint density at radius 3 is 2.52 bits per heavy atom. The Morgan fingerprint density at radius 2 is 2.00 bits per heavy atom. The lowest BCUT2D eigenvalue weighted by atomic mass is 9.90. The van der Waals surface area contributed by atoms with Crippen LogP contribution in [0.5, 0.6) is 0 Å². The lowest BCUT2D eigenvalue weighted by Crippen LogP contribution is -2.24. The van der Waals surface area contributed by atoms with Crippen LogP contribution in [-0.2, 0) is 21.4 Å². The Labute approximate surface area is 126 Å². The van der Waals surface area contributed by atoms with Crippen LogP contribution >= 0.6 is 0 Å². The van der Waals surface area contributed by atoms with E-state index in [1.54, 1.807) is 11.6 Å². The smallest absolute Gasteiger partial charge is 0.360 e. The maximum absolute atomic E-state index is 12.0. The van der Waals surface area contributed by atoms with Crippen molar-refractivity contribution in [2.45, 2.75) is 53.5 Å². The van der Waals surface area contributed by atoms with Crippen LogP contribution in [0.25, 0.3) is 0 Å². The molecule has 0 radical (unpaired) electrons.